The summed E-state index contributed by atoms with van der Waals surface area (Å²) in [6.07, 6.45) is 2.86. The fourth-order valence-electron chi connectivity index (χ4n) is 4.07. The Balaban J connectivity index is 2.18. The molecule has 5 heteroatoms. The minimum Gasteiger partial charge on any atom is -0.480 e. The average molecular weight is 296 g/mol. The second-order valence-electron chi connectivity index (χ2n) is 7.66. The highest BCUT2D eigenvalue weighted by Crippen LogP contribution is 2.36. The highest BCUT2D eigenvalue weighted by molar-refractivity contribution is 5.83. The zero-order valence-corrected chi connectivity index (χ0v) is 13.6. The highest BCUT2D eigenvalue weighted by atomic mass is 16.4. The third-order valence-electron chi connectivity index (χ3n) is 4.89. The van der Waals surface area contributed by atoms with Crippen molar-refractivity contribution in [1.29, 1.82) is 0 Å². The molecule has 5 nitrogen and oxygen atoms in total. The molecule has 120 valence electrons. The molecule has 2 rings (SSSR count). The topological polar surface area (TPSA) is 60.9 Å². The first-order chi connectivity index (χ1) is 9.72. The quantitative estimate of drug-likeness (QED) is 0.809. The summed E-state index contributed by atoms with van der Waals surface area (Å²) in [5.74, 6) is 0.0868. The lowest BCUT2D eigenvalue weighted by Gasteiger charge is -2.47. The minimum absolute atomic E-state index is 0.0893. The van der Waals surface area contributed by atoms with Gasteiger partial charge >= 0.3 is 12.0 Å². The van der Waals surface area contributed by atoms with Crippen molar-refractivity contribution in [3.63, 3.8) is 0 Å². The second-order valence-corrected chi connectivity index (χ2v) is 7.66. The van der Waals surface area contributed by atoms with Gasteiger partial charge in [-0.15, -0.1) is 0 Å². The van der Waals surface area contributed by atoms with E-state index in [4.69, 9.17) is 0 Å². The molecule has 3 atom stereocenters. The van der Waals surface area contributed by atoms with Crippen LogP contribution < -0.4 is 0 Å². The predicted molar refractivity (Wildman–Crippen MR) is 81.1 cm³/mol. The Kier molecular flexibility index (Phi) is 4.49. The standard InChI is InChI=1S/C16H28N2O3/c1-11-8-12(2)10-17(9-11)15(21)18-7-5-6-16(3,4)13(18)14(19)20/h11-13H,5-10H2,1-4H3,(H,19,20). The maximum Gasteiger partial charge on any atom is 0.327 e. The monoisotopic (exact) mass is 296 g/mol. The first kappa shape index (κ1) is 16.1. The van der Waals surface area contributed by atoms with Gasteiger partial charge in [0.2, 0.25) is 0 Å². The van der Waals surface area contributed by atoms with Gasteiger partial charge in [0, 0.05) is 19.6 Å². The van der Waals surface area contributed by atoms with Crippen molar-refractivity contribution in [2.75, 3.05) is 19.6 Å². The van der Waals surface area contributed by atoms with Gasteiger partial charge in [-0.1, -0.05) is 27.7 Å². The zero-order valence-electron chi connectivity index (χ0n) is 13.6. The zero-order chi connectivity index (χ0) is 15.8. The summed E-state index contributed by atoms with van der Waals surface area (Å²) in [6.45, 7) is 10.3. The lowest BCUT2D eigenvalue weighted by atomic mass is 9.76. The molecule has 0 bridgehead atoms. The maximum atomic E-state index is 12.8. The van der Waals surface area contributed by atoms with Gasteiger partial charge in [-0.25, -0.2) is 9.59 Å². The van der Waals surface area contributed by atoms with Gasteiger partial charge in [-0.05, 0) is 36.5 Å². The van der Waals surface area contributed by atoms with Crippen LogP contribution >= 0.6 is 0 Å². The first-order valence-corrected chi connectivity index (χ1v) is 8.00. The molecule has 3 unspecified atom stereocenters. The number of carboxylic acids is 1. The number of carboxylic acid groups (broad SMARTS) is 1. The summed E-state index contributed by atoms with van der Waals surface area (Å²) in [6, 6.07) is -0.806. The molecule has 2 fully saturated rings. The molecular formula is C16H28N2O3. The number of piperidine rings is 2. The van der Waals surface area contributed by atoms with E-state index in [1.165, 1.54) is 0 Å². The van der Waals surface area contributed by atoms with Gasteiger partial charge in [0.15, 0.2) is 0 Å². The Morgan fingerprint density at radius 3 is 2.24 bits per heavy atom. The number of carbonyl (C=O) groups is 2. The summed E-state index contributed by atoms with van der Waals surface area (Å²) < 4.78 is 0. The van der Waals surface area contributed by atoms with Gasteiger partial charge in [0.1, 0.15) is 6.04 Å². The smallest absolute Gasteiger partial charge is 0.327 e. The van der Waals surface area contributed by atoms with Crippen molar-refractivity contribution >= 4 is 12.0 Å². The third kappa shape index (κ3) is 3.33. The maximum absolute atomic E-state index is 12.8. The lowest BCUT2D eigenvalue weighted by Crippen LogP contribution is -2.60. The van der Waals surface area contributed by atoms with Crippen molar-refractivity contribution in [1.82, 2.24) is 9.80 Å². The van der Waals surface area contributed by atoms with E-state index in [1.807, 2.05) is 18.7 Å². The number of carbonyl (C=O) groups excluding carboxylic acids is 1. The van der Waals surface area contributed by atoms with E-state index in [9.17, 15) is 14.7 Å². The van der Waals surface area contributed by atoms with Gasteiger partial charge in [-0.2, -0.15) is 0 Å². The molecule has 0 radical (unpaired) electrons. The van der Waals surface area contributed by atoms with Gasteiger partial charge in [0.05, 0.1) is 0 Å². The molecule has 2 heterocycles. The van der Waals surface area contributed by atoms with Crippen molar-refractivity contribution in [2.45, 2.75) is 53.0 Å². The van der Waals surface area contributed by atoms with Crippen LogP contribution in [0.15, 0.2) is 0 Å². The second kappa shape index (κ2) is 5.85. The number of urea groups is 1. The Morgan fingerprint density at radius 2 is 1.71 bits per heavy atom. The summed E-state index contributed by atoms with van der Waals surface area (Å²) in [7, 11) is 0. The van der Waals surface area contributed by atoms with E-state index in [-0.39, 0.29) is 11.4 Å². The Labute approximate surface area is 127 Å². The molecule has 2 saturated heterocycles. The first-order valence-electron chi connectivity index (χ1n) is 8.00. The summed E-state index contributed by atoms with van der Waals surface area (Å²) in [5, 5.41) is 9.58. The molecule has 0 spiro atoms. The molecule has 0 aromatic rings. The number of amides is 2. The Morgan fingerprint density at radius 1 is 1.14 bits per heavy atom. The molecule has 21 heavy (non-hydrogen) atoms. The van der Waals surface area contributed by atoms with Crippen LogP contribution in [0.25, 0.3) is 0 Å². The SMILES string of the molecule is CC1CC(C)CN(C(=O)N2CCCC(C)(C)C2C(=O)O)C1. The van der Waals surface area contributed by atoms with Gasteiger partial charge in [0.25, 0.3) is 0 Å². The molecule has 2 amide bonds. The molecule has 2 aliphatic rings. The number of nitrogens with zero attached hydrogens (tertiary/aromatic N) is 2. The molecule has 2 aliphatic heterocycles. The van der Waals surface area contributed by atoms with Crippen LogP contribution in [0.1, 0.15) is 47.0 Å². The largest absolute Gasteiger partial charge is 0.480 e. The number of rotatable bonds is 1. The molecular weight excluding hydrogens is 268 g/mol. The van der Waals surface area contributed by atoms with Crippen LogP contribution in [0.5, 0.6) is 0 Å². The minimum atomic E-state index is -0.883. The van der Waals surface area contributed by atoms with Crippen LogP contribution in [0.3, 0.4) is 0 Å². The van der Waals surface area contributed by atoms with Crippen molar-refractivity contribution in [3.05, 3.63) is 0 Å². The Bertz CT molecular complexity index is 412. The number of aliphatic carboxylic acids is 1. The Hall–Kier alpha value is -1.26. The van der Waals surface area contributed by atoms with Gasteiger partial charge < -0.3 is 14.9 Å². The number of likely N-dealkylation sites (tertiary alicyclic amines) is 2. The molecule has 0 saturated carbocycles. The van der Waals surface area contributed by atoms with Crippen LogP contribution in [-0.2, 0) is 4.79 Å². The molecule has 0 aromatic heterocycles. The fraction of sp³-hybridized carbons (Fsp3) is 0.875. The van der Waals surface area contributed by atoms with Crippen LogP contribution in [0, 0.1) is 17.3 Å². The summed E-state index contributed by atoms with van der Waals surface area (Å²) >= 11 is 0. The van der Waals surface area contributed by atoms with E-state index >= 15 is 0 Å². The predicted octanol–water partition coefficient (Wildman–Crippen LogP) is 2.66. The van der Waals surface area contributed by atoms with Crippen molar-refractivity contribution in [3.8, 4) is 0 Å². The van der Waals surface area contributed by atoms with Crippen molar-refractivity contribution in [2.24, 2.45) is 17.3 Å². The molecule has 1 N–H and O–H groups in total. The summed E-state index contributed by atoms with van der Waals surface area (Å²) in [4.78, 5) is 28.0. The number of hydrogen-bond acceptors (Lipinski definition) is 2. The number of hydrogen-bond donors (Lipinski definition) is 1. The molecule has 0 aliphatic carbocycles. The average Bonchev–Trinajstić information content (AvgIpc) is 2.34. The third-order valence-corrected chi connectivity index (χ3v) is 4.89. The van der Waals surface area contributed by atoms with Crippen LogP contribution in [0.4, 0.5) is 4.79 Å². The van der Waals surface area contributed by atoms with Gasteiger partial charge in [-0.3, -0.25) is 0 Å². The lowest BCUT2D eigenvalue weighted by molar-refractivity contribution is -0.148. The van der Waals surface area contributed by atoms with E-state index in [0.29, 0.717) is 18.4 Å². The van der Waals surface area contributed by atoms with E-state index < -0.39 is 12.0 Å². The summed E-state index contributed by atoms with van der Waals surface area (Å²) in [5.41, 5.74) is -0.368. The van der Waals surface area contributed by atoms with E-state index in [1.54, 1.807) is 4.90 Å². The van der Waals surface area contributed by atoms with Crippen molar-refractivity contribution < 1.29 is 14.7 Å². The highest BCUT2D eigenvalue weighted by Gasteiger charge is 2.46. The van der Waals surface area contributed by atoms with Crippen LogP contribution in [-0.4, -0.2) is 52.6 Å². The molecule has 0 aromatic carbocycles. The fourth-order valence-corrected chi connectivity index (χ4v) is 4.07. The van der Waals surface area contributed by atoms with E-state index in [0.717, 1.165) is 32.4 Å². The van der Waals surface area contributed by atoms with E-state index in [2.05, 4.69) is 13.8 Å². The normalized spacial score (nSPS) is 32.9. The van der Waals surface area contributed by atoms with Crippen LogP contribution in [0.2, 0.25) is 0 Å².